The molecule has 1 rings (SSSR count). The van der Waals surface area contributed by atoms with E-state index in [0.717, 1.165) is 6.54 Å². The lowest BCUT2D eigenvalue weighted by atomic mass is 9.93. The molecule has 0 aromatic heterocycles. The Morgan fingerprint density at radius 2 is 1.65 bits per heavy atom. The van der Waals surface area contributed by atoms with Crippen molar-refractivity contribution in [2.75, 3.05) is 27.2 Å². The van der Waals surface area contributed by atoms with Crippen molar-refractivity contribution in [1.29, 1.82) is 0 Å². The van der Waals surface area contributed by atoms with Gasteiger partial charge in [0.15, 0.2) is 0 Å². The summed E-state index contributed by atoms with van der Waals surface area (Å²) in [5.41, 5.74) is -0.182. The maximum Gasteiger partial charge on any atom is 0.240 e. The van der Waals surface area contributed by atoms with Gasteiger partial charge in [-0.3, -0.25) is 0 Å². The number of rotatable bonds is 6. The maximum absolute atomic E-state index is 12.2. The molecule has 0 saturated carbocycles. The van der Waals surface area contributed by atoms with Gasteiger partial charge < -0.3 is 4.90 Å². The molecular formula is C13H20Cl2N2O2S. The molecule has 0 spiro atoms. The number of nitrogens with zero attached hydrogens (tertiary/aromatic N) is 1. The first-order valence-electron chi connectivity index (χ1n) is 6.12. The Balaban J connectivity index is 2.85. The first-order valence-corrected chi connectivity index (χ1v) is 8.36. The molecule has 0 aliphatic heterocycles. The van der Waals surface area contributed by atoms with Crippen LogP contribution in [0.5, 0.6) is 0 Å². The number of nitrogens with one attached hydrogen (secondary N) is 1. The second-order valence-corrected chi connectivity index (χ2v) is 8.47. The standard InChI is InChI=1S/C13H20Cl2N2O2S/c1-13(2,9-17(3)4)8-16-20(18,19)12-6-10(14)5-11(15)7-12/h5-7,16H,8-9H2,1-4H3. The van der Waals surface area contributed by atoms with E-state index < -0.39 is 10.0 Å². The van der Waals surface area contributed by atoms with Gasteiger partial charge in [-0.05, 0) is 37.7 Å². The van der Waals surface area contributed by atoms with Crippen LogP contribution in [0.3, 0.4) is 0 Å². The summed E-state index contributed by atoms with van der Waals surface area (Å²) >= 11 is 11.7. The van der Waals surface area contributed by atoms with E-state index in [4.69, 9.17) is 23.2 Å². The second-order valence-electron chi connectivity index (χ2n) is 5.83. The average molecular weight is 339 g/mol. The molecule has 114 valence electrons. The Hall–Kier alpha value is -0.330. The number of sulfonamides is 1. The fraction of sp³-hybridized carbons (Fsp3) is 0.538. The Morgan fingerprint density at radius 1 is 1.15 bits per heavy atom. The highest BCUT2D eigenvalue weighted by Gasteiger charge is 2.23. The van der Waals surface area contributed by atoms with Crippen molar-refractivity contribution in [3.63, 3.8) is 0 Å². The molecule has 4 nitrogen and oxygen atoms in total. The minimum atomic E-state index is -3.61. The highest BCUT2D eigenvalue weighted by atomic mass is 35.5. The lowest BCUT2D eigenvalue weighted by molar-refractivity contribution is 0.242. The summed E-state index contributed by atoms with van der Waals surface area (Å²) in [6.07, 6.45) is 0. The van der Waals surface area contributed by atoms with E-state index in [1.807, 2.05) is 32.8 Å². The second kappa shape index (κ2) is 6.62. The lowest BCUT2D eigenvalue weighted by Gasteiger charge is -2.28. The van der Waals surface area contributed by atoms with Crippen LogP contribution >= 0.6 is 23.2 Å². The van der Waals surface area contributed by atoms with Crippen LogP contribution in [0.1, 0.15) is 13.8 Å². The van der Waals surface area contributed by atoms with Crippen molar-refractivity contribution >= 4 is 33.2 Å². The van der Waals surface area contributed by atoms with E-state index in [1.54, 1.807) is 0 Å². The van der Waals surface area contributed by atoms with E-state index in [9.17, 15) is 8.42 Å². The van der Waals surface area contributed by atoms with Crippen LogP contribution in [0.15, 0.2) is 23.1 Å². The van der Waals surface area contributed by atoms with Gasteiger partial charge in [-0.2, -0.15) is 0 Å². The molecule has 0 aliphatic carbocycles. The van der Waals surface area contributed by atoms with Crippen LogP contribution in [0.2, 0.25) is 10.0 Å². The third-order valence-electron chi connectivity index (χ3n) is 2.63. The van der Waals surface area contributed by atoms with Gasteiger partial charge in [0.2, 0.25) is 10.0 Å². The molecule has 0 bridgehead atoms. The van der Waals surface area contributed by atoms with Crippen molar-refractivity contribution in [1.82, 2.24) is 9.62 Å². The zero-order valence-corrected chi connectivity index (χ0v) is 14.4. The summed E-state index contributed by atoms with van der Waals surface area (Å²) in [5, 5.41) is 0.593. The lowest BCUT2D eigenvalue weighted by Crippen LogP contribution is -2.39. The molecule has 7 heteroatoms. The highest BCUT2D eigenvalue weighted by molar-refractivity contribution is 7.89. The van der Waals surface area contributed by atoms with E-state index in [-0.39, 0.29) is 10.3 Å². The Bertz CT molecular complexity index is 551. The Labute approximate surface area is 131 Å². The SMILES string of the molecule is CN(C)CC(C)(C)CNS(=O)(=O)c1cc(Cl)cc(Cl)c1. The van der Waals surface area contributed by atoms with Gasteiger partial charge in [0.1, 0.15) is 0 Å². The van der Waals surface area contributed by atoms with E-state index >= 15 is 0 Å². The molecule has 20 heavy (non-hydrogen) atoms. The molecule has 0 saturated heterocycles. The third kappa shape index (κ3) is 5.58. The molecule has 0 radical (unpaired) electrons. The van der Waals surface area contributed by atoms with Crippen molar-refractivity contribution in [2.24, 2.45) is 5.41 Å². The Kier molecular flexibility index (Phi) is 5.87. The molecule has 0 amide bonds. The molecule has 0 atom stereocenters. The van der Waals surface area contributed by atoms with E-state index in [1.165, 1.54) is 18.2 Å². The van der Waals surface area contributed by atoms with Gasteiger partial charge in [-0.25, -0.2) is 13.1 Å². The quantitative estimate of drug-likeness (QED) is 0.867. The summed E-state index contributed by atoms with van der Waals surface area (Å²) in [6, 6.07) is 4.27. The van der Waals surface area contributed by atoms with Crippen molar-refractivity contribution in [2.45, 2.75) is 18.7 Å². The smallest absolute Gasteiger partial charge is 0.240 e. The third-order valence-corrected chi connectivity index (χ3v) is 4.45. The molecular weight excluding hydrogens is 319 g/mol. The van der Waals surface area contributed by atoms with E-state index in [2.05, 4.69) is 4.72 Å². The number of hydrogen-bond acceptors (Lipinski definition) is 3. The zero-order valence-electron chi connectivity index (χ0n) is 12.1. The van der Waals surface area contributed by atoms with Crippen LogP contribution in [-0.4, -0.2) is 40.5 Å². The van der Waals surface area contributed by atoms with Crippen LogP contribution in [-0.2, 0) is 10.0 Å². The molecule has 0 aliphatic rings. The zero-order chi connectivity index (χ0) is 15.6. The van der Waals surface area contributed by atoms with Gasteiger partial charge in [0.25, 0.3) is 0 Å². The average Bonchev–Trinajstić information content (AvgIpc) is 2.23. The monoisotopic (exact) mass is 338 g/mol. The van der Waals surface area contributed by atoms with Gasteiger partial charge in [-0.1, -0.05) is 37.0 Å². The summed E-state index contributed by atoms with van der Waals surface area (Å²) in [4.78, 5) is 2.10. The van der Waals surface area contributed by atoms with Crippen LogP contribution < -0.4 is 4.72 Å². The summed E-state index contributed by atoms with van der Waals surface area (Å²) < 4.78 is 27.1. The molecule has 0 unspecified atom stereocenters. The minimum Gasteiger partial charge on any atom is -0.309 e. The molecule has 0 fully saturated rings. The van der Waals surface area contributed by atoms with Gasteiger partial charge in [0, 0.05) is 23.1 Å². The van der Waals surface area contributed by atoms with Crippen molar-refractivity contribution in [3.05, 3.63) is 28.2 Å². The normalized spacial score (nSPS) is 12.9. The molecule has 0 heterocycles. The van der Waals surface area contributed by atoms with Gasteiger partial charge in [-0.15, -0.1) is 0 Å². The first kappa shape index (κ1) is 17.7. The predicted molar refractivity (Wildman–Crippen MR) is 84.0 cm³/mol. The van der Waals surface area contributed by atoms with Crippen molar-refractivity contribution < 1.29 is 8.42 Å². The molecule has 1 aromatic rings. The number of hydrogen-bond donors (Lipinski definition) is 1. The van der Waals surface area contributed by atoms with Crippen LogP contribution in [0.25, 0.3) is 0 Å². The predicted octanol–water partition coefficient (Wildman–Crippen LogP) is 2.86. The molecule has 1 N–H and O–H groups in total. The Morgan fingerprint density at radius 3 is 2.10 bits per heavy atom. The fourth-order valence-corrected chi connectivity index (χ4v) is 3.94. The fourth-order valence-electron chi connectivity index (χ4n) is 1.97. The summed E-state index contributed by atoms with van der Waals surface area (Å²) in [6.45, 7) is 5.10. The summed E-state index contributed by atoms with van der Waals surface area (Å²) in [5.74, 6) is 0. The van der Waals surface area contributed by atoms with Crippen molar-refractivity contribution in [3.8, 4) is 0 Å². The summed E-state index contributed by atoms with van der Waals surface area (Å²) in [7, 11) is 0.291. The topological polar surface area (TPSA) is 49.4 Å². The number of halogens is 2. The maximum atomic E-state index is 12.2. The first-order chi connectivity index (χ1) is 9.02. The highest BCUT2D eigenvalue weighted by Crippen LogP contribution is 2.23. The van der Waals surface area contributed by atoms with Crippen LogP contribution in [0.4, 0.5) is 0 Å². The largest absolute Gasteiger partial charge is 0.309 e. The minimum absolute atomic E-state index is 0.0793. The van der Waals surface area contributed by atoms with Gasteiger partial charge in [0.05, 0.1) is 4.90 Å². The molecule has 1 aromatic carbocycles. The van der Waals surface area contributed by atoms with E-state index in [0.29, 0.717) is 16.6 Å². The van der Waals surface area contributed by atoms with Crippen LogP contribution in [0, 0.1) is 5.41 Å². The number of benzene rings is 1. The van der Waals surface area contributed by atoms with Gasteiger partial charge >= 0.3 is 0 Å².